The Morgan fingerprint density at radius 2 is 2.06 bits per heavy atom. The van der Waals surface area contributed by atoms with Crippen LogP contribution in [0.25, 0.3) is 0 Å². The van der Waals surface area contributed by atoms with Crippen molar-refractivity contribution in [2.75, 3.05) is 13.1 Å². The van der Waals surface area contributed by atoms with Gasteiger partial charge in [0, 0.05) is 21.4 Å². The molecule has 3 heteroatoms. The minimum absolute atomic E-state index is 0.248. The van der Waals surface area contributed by atoms with Gasteiger partial charge in [0.1, 0.15) is 0 Å². The molecule has 0 N–H and O–H groups in total. The van der Waals surface area contributed by atoms with Crippen LogP contribution >= 0.6 is 11.3 Å². The Morgan fingerprint density at radius 1 is 1.44 bits per heavy atom. The van der Waals surface area contributed by atoms with E-state index < -0.39 is 0 Å². The largest absolute Gasteiger partial charge is 0.294 e. The van der Waals surface area contributed by atoms with Crippen LogP contribution in [-0.2, 0) is 0 Å². The zero-order valence-corrected chi connectivity index (χ0v) is 11.6. The van der Waals surface area contributed by atoms with Gasteiger partial charge < -0.3 is 0 Å². The van der Waals surface area contributed by atoms with Crippen molar-refractivity contribution in [3.8, 4) is 0 Å². The molecule has 1 rings (SSSR count). The first kappa shape index (κ1) is 13.4. The minimum atomic E-state index is 0.248. The molecule has 0 aliphatic rings. The van der Waals surface area contributed by atoms with Gasteiger partial charge in [0.05, 0.1) is 6.54 Å². The lowest BCUT2D eigenvalue weighted by Crippen LogP contribution is -2.35. The Labute approximate surface area is 102 Å². The predicted molar refractivity (Wildman–Crippen MR) is 70.5 cm³/mol. The summed E-state index contributed by atoms with van der Waals surface area (Å²) in [5.41, 5.74) is 0.904. The minimum Gasteiger partial charge on any atom is -0.294 e. The third-order valence-corrected chi connectivity index (χ3v) is 3.79. The van der Waals surface area contributed by atoms with Crippen LogP contribution in [0.4, 0.5) is 0 Å². The van der Waals surface area contributed by atoms with Gasteiger partial charge in [0.2, 0.25) is 0 Å². The molecule has 0 spiro atoms. The van der Waals surface area contributed by atoms with Crippen molar-refractivity contribution >= 4 is 17.1 Å². The number of hydrogen-bond acceptors (Lipinski definition) is 3. The highest BCUT2D eigenvalue weighted by molar-refractivity contribution is 7.12. The van der Waals surface area contributed by atoms with E-state index in [0.717, 1.165) is 17.0 Å². The first-order chi connectivity index (χ1) is 7.45. The molecule has 0 aliphatic carbocycles. The highest BCUT2D eigenvalue weighted by Gasteiger charge is 2.16. The molecule has 1 aromatic heterocycles. The van der Waals surface area contributed by atoms with Crippen LogP contribution in [0.2, 0.25) is 0 Å². The number of ketones is 1. The number of nitrogens with zero attached hydrogens (tertiary/aromatic N) is 1. The number of likely N-dealkylation sites (N-methyl/N-ethyl adjacent to an activating group) is 1. The Morgan fingerprint density at radius 3 is 2.44 bits per heavy atom. The maximum absolute atomic E-state index is 12.1. The van der Waals surface area contributed by atoms with Crippen LogP contribution in [0.5, 0.6) is 0 Å². The quantitative estimate of drug-likeness (QED) is 0.735. The molecule has 1 aromatic rings. The molecule has 0 fully saturated rings. The van der Waals surface area contributed by atoms with E-state index in [2.05, 4.69) is 32.6 Å². The number of Topliss-reactive ketones (excluding diaryl/α,β-unsaturated/α-hetero) is 1. The summed E-state index contributed by atoms with van der Waals surface area (Å²) in [6.45, 7) is 11.9. The lowest BCUT2D eigenvalue weighted by atomic mass is 10.1. The third-order valence-electron chi connectivity index (χ3n) is 2.82. The number of thiophene rings is 1. The molecule has 0 saturated heterocycles. The summed E-state index contributed by atoms with van der Waals surface area (Å²) in [6, 6.07) is 2.44. The van der Waals surface area contributed by atoms with Crippen molar-refractivity contribution in [1.82, 2.24) is 4.90 Å². The molecule has 0 unspecified atom stereocenters. The van der Waals surface area contributed by atoms with Crippen molar-refractivity contribution in [3.63, 3.8) is 0 Å². The van der Waals surface area contributed by atoms with Gasteiger partial charge in [-0.3, -0.25) is 9.69 Å². The van der Waals surface area contributed by atoms with Crippen molar-refractivity contribution in [1.29, 1.82) is 0 Å². The van der Waals surface area contributed by atoms with Gasteiger partial charge in [-0.15, -0.1) is 11.3 Å². The molecule has 2 nitrogen and oxygen atoms in total. The molecule has 90 valence electrons. The zero-order valence-electron chi connectivity index (χ0n) is 10.8. The van der Waals surface area contributed by atoms with Crippen molar-refractivity contribution < 1.29 is 4.79 Å². The molecule has 1 heterocycles. The average molecular weight is 239 g/mol. The van der Waals surface area contributed by atoms with E-state index in [-0.39, 0.29) is 5.78 Å². The van der Waals surface area contributed by atoms with Gasteiger partial charge in [0.15, 0.2) is 5.78 Å². The molecular weight excluding hydrogens is 218 g/mol. The topological polar surface area (TPSA) is 20.3 Å². The smallest absolute Gasteiger partial charge is 0.177 e. The second kappa shape index (κ2) is 5.60. The van der Waals surface area contributed by atoms with Crippen LogP contribution < -0.4 is 0 Å². The first-order valence-corrected chi connectivity index (χ1v) is 6.61. The maximum Gasteiger partial charge on any atom is 0.177 e. The number of carbonyl (C=O) groups excluding carboxylic acids is 1. The van der Waals surface area contributed by atoms with Gasteiger partial charge in [-0.1, -0.05) is 6.92 Å². The standard InChI is InChI=1S/C13H21NOS/c1-6-14(9(2)3)8-13(15)12-7-10(4)16-11(12)5/h7,9H,6,8H2,1-5H3. The van der Waals surface area contributed by atoms with Crippen LogP contribution in [0.1, 0.15) is 40.9 Å². The Hall–Kier alpha value is -0.670. The van der Waals surface area contributed by atoms with E-state index in [1.807, 2.05) is 13.0 Å². The highest BCUT2D eigenvalue weighted by Crippen LogP contribution is 2.21. The number of aryl methyl sites for hydroxylation is 2. The second-order valence-electron chi connectivity index (χ2n) is 4.41. The fourth-order valence-corrected chi connectivity index (χ4v) is 2.78. The summed E-state index contributed by atoms with van der Waals surface area (Å²) < 4.78 is 0. The average Bonchev–Trinajstić information content (AvgIpc) is 2.53. The van der Waals surface area contributed by atoms with Crippen molar-refractivity contribution in [3.05, 3.63) is 21.4 Å². The lowest BCUT2D eigenvalue weighted by molar-refractivity contribution is 0.0911. The first-order valence-electron chi connectivity index (χ1n) is 5.80. The number of hydrogen-bond donors (Lipinski definition) is 0. The molecule has 0 saturated carbocycles. The summed E-state index contributed by atoms with van der Waals surface area (Å²) in [7, 11) is 0. The van der Waals surface area contributed by atoms with Crippen LogP contribution in [0.3, 0.4) is 0 Å². The van der Waals surface area contributed by atoms with Gasteiger partial charge in [0.25, 0.3) is 0 Å². The number of rotatable bonds is 5. The molecule has 16 heavy (non-hydrogen) atoms. The summed E-state index contributed by atoms with van der Waals surface area (Å²) in [6.07, 6.45) is 0. The van der Waals surface area contributed by atoms with Gasteiger partial charge >= 0.3 is 0 Å². The Kier molecular flexibility index (Phi) is 4.69. The van der Waals surface area contributed by atoms with E-state index in [1.54, 1.807) is 11.3 Å². The number of carbonyl (C=O) groups is 1. The summed E-state index contributed by atoms with van der Waals surface area (Å²) >= 11 is 1.70. The molecule has 0 amide bonds. The fourth-order valence-electron chi connectivity index (χ4n) is 1.84. The summed E-state index contributed by atoms with van der Waals surface area (Å²) in [4.78, 5) is 16.7. The molecule has 0 radical (unpaired) electrons. The summed E-state index contributed by atoms with van der Waals surface area (Å²) in [5, 5.41) is 0. The molecular formula is C13H21NOS. The third kappa shape index (κ3) is 3.16. The van der Waals surface area contributed by atoms with Gasteiger partial charge in [-0.25, -0.2) is 0 Å². The van der Waals surface area contributed by atoms with Gasteiger partial charge in [-0.05, 0) is 40.3 Å². The Bertz CT molecular complexity index is 368. The van der Waals surface area contributed by atoms with E-state index in [0.29, 0.717) is 12.6 Å². The molecule has 0 aliphatic heterocycles. The molecule has 0 aromatic carbocycles. The summed E-state index contributed by atoms with van der Waals surface area (Å²) in [5.74, 6) is 0.248. The van der Waals surface area contributed by atoms with Crippen molar-refractivity contribution in [2.24, 2.45) is 0 Å². The molecule has 0 bridgehead atoms. The normalized spacial score (nSPS) is 11.4. The highest BCUT2D eigenvalue weighted by atomic mass is 32.1. The van der Waals surface area contributed by atoms with E-state index in [4.69, 9.17) is 0 Å². The van der Waals surface area contributed by atoms with E-state index in [9.17, 15) is 4.79 Å². The SMILES string of the molecule is CCN(CC(=O)c1cc(C)sc1C)C(C)C. The molecule has 0 atom stereocenters. The maximum atomic E-state index is 12.1. The van der Waals surface area contributed by atoms with E-state index in [1.165, 1.54) is 4.88 Å². The van der Waals surface area contributed by atoms with Crippen LogP contribution in [0, 0.1) is 13.8 Å². The van der Waals surface area contributed by atoms with E-state index >= 15 is 0 Å². The lowest BCUT2D eigenvalue weighted by Gasteiger charge is -2.23. The predicted octanol–water partition coefficient (Wildman–Crippen LogP) is 3.28. The van der Waals surface area contributed by atoms with Crippen molar-refractivity contribution in [2.45, 2.75) is 40.7 Å². The zero-order chi connectivity index (χ0) is 12.3. The van der Waals surface area contributed by atoms with Crippen LogP contribution in [0.15, 0.2) is 6.07 Å². The second-order valence-corrected chi connectivity index (χ2v) is 5.87. The van der Waals surface area contributed by atoms with Crippen LogP contribution in [-0.4, -0.2) is 29.8 Å². The van der Waals surface area contributed by atoms with Gasteiger partial charge in [-0.2, -0.15) is 0 Å². The monoisotopic (exact) mass is 239 g/mol. The fraction of sp³-hybridized carbons (Fsp3) is 0.615. The Balaban J connectivity index is 2.75.